The van der Waals surface area contributed by atoms with Gasteiger partial charge in [-0.1, -0.05) is 19.8 Å². The van der Waals surface area contributed by atoms with Crippen LogP contribution in [-0.4, -0.2) is 92.8 Å². The molecule has 23 heavy (non-hydrogen) atoms. The zero-order chi connectivity index (χ0) is 16.9. The van der Waals surface area contributed by atoms with Gasteiger partial charge < -0.3 is 4.90 Å². The van der Waals surface area contributed by atoms with Crippen LogP contribution in [0.5, 0.6) is 0 Å². The quantitative estimate of drug-likeness (QED) is 0.692. The molecule has 0 saturated carbocycles. The number of likely N-dealkylation sites (tertiary alicyclic amines) is 1. The first-order valence-electron chi connectivity index (χ1n) is 9.09. The first kappa shape index (κ1) is 19.1. The Kier molecular flexibility index (Phi) is 7.28. The molecule has 7 heteroatoms. The Morgan fingerprint density at radius 2 is 1.78 bits per heavy atom. The first-order valence-corrected chi connectivity index (χ1v) is 10.5. The smallest absolute Gasteiger partial charge is 0.281 e. The molecular weight excluding hydrogens is 312 g/mol. The number of piperazine rings is 1. The predicted octanol–water partition coefficient (Wildman–Crippen LogP) is 1.07. The van der Waals surface area contributed by atoms with Crippen molar-refractivity contribution in [3.8, 4) is 0 Å². The summed E-state index contributed by atoms with van der Waals surface area (Å²) < 4.78 is 28.3. The molecule has 0 radical (unpaired) electrons. The molecule has 0 aromatic rings. The molecule has 0 aromatic heterocycles. The summed E-state index contributed by atoms with van der Waals surface area (Å²) >= 11 is 0. The van der Waals surface area contributed by atoms with E-state index >= 15 is 0 Å². The molecule has 0 N–H and O–H groups in total. The summed E-state index contributed by atoms with van der Waals surface area (Å²) in [5.74, 6) is 0. The Balaban J connectivity index is 1.81. The zero-order valence-electron chi connectivity index (χ0n) is 15.1. The standard InChI is InChI=1S/C16H34N4O2S/c1-4-5-10-18(3)23(21,22)20-13-11-19(12-14-20)15-16-8-6-7-9-17(16)2/h16H,4-15H2,1-3H3/t16-/m0/s1. The highest BCUT2D eigenvalue weighted by Crippen LogP contribution is 2.18. The fourth-order valence-electron chi connectivity index (χ4n) is 3.51. The maximum absolute atomic E-state index is 12.6. The van der Waals surface area contributed by atoms with Crippen molar-refractivity contribution in [3.05, 3.63) is 0 Å². The Hall–Kier alpha value is -0.210. The summed E-state index contributed by atoms with van der Waals surface area (Å²) in [5, 5.41) is 0. The van der Waals surface area contributed by atoms with E-state index in [1.807, 2.05) is 0 Å². The number of likely N-dealkylation sites (N-methyl/N-ethyl adjacent to an activating group) is 1. The van der Waals surface area contributed by atoms with Crippen LogP contribution < -0.4 is 0 Å². The van der Waals surface area contributed by atoms with Gasteiger partial charge in [0.25, 0.3) is 10.2 Å². The molecule has 2 saturated heterocycles. The third-order valence-electron chi connectivity index (χ3n) is 5.27. The van der Waals surface area contributed by atoms with Crippen LogP contribution in [0.2, 0.25) is 0 Å². The summed E-state index contributed by atoms with van der Waals surface area (Å²) in [5.41, 5.74) is 0. The van der Waals surface area contributed by atoms with Gasteiger partial charge in [-0.3, -0.25) is 4.90 Å². The average Bonchev–Trinajstić information content (AvgIpc) is 2.55. The second kappa shape index (κ2) is 8.76. The topological polar surface area (TPSA) is 47.1 Å². The molecule has 0 spiro atoms. The van der Waals surface area contributed by atoms with Crippen LogP contribution in [-0.2, 0) is 10.2 Å². The van der Waals surface area contributed by atoms with E-state index in [1.165, 1.54) is 30.1 Å². The second-order valence-corrected chi connectivity index (χ2v) is 9.05. The molecule has 1 atom stereocenters. The highest BCUT2D eigenvalue weighted by atomic mass is 32.2. The Bertz CT molecular complexity index is 449. The van der Waals surface area contributed by atoms with Crippen molar-refractivity contribution < 1.29 is 8.42 Å². The second-order valence-electron chi connectivity index (χ2n) is 7.01. The molecule has 2 heterocycles. The van der Waals surface area contributed by atoms with Crippen molar-refractivity contribution >= 4 is 10.2 Å². The van der Waals surface area contributed by atoms with Crippen LogP contribution in [0, 0.1) is 0 Å². The van der Waals surface area contributed by atoms with Crippen molar-refractivity contribution in [2.24, 2.45) is 0 Å². The fourth-order valence-corrected chi connectivity index (χ4v) is 4.89. The lowest BCUT2D eigenvalue weighted by atomic mass is 10.0. The summed E-state index contributed by atoms with van der Waals surface area (Å²) in [7, 11) is 0.646. The lowest BCUT2D eigenvalue weighted by molar-refractivity contribution is 0.105. The molecule has 0 unspecified atom stereocenters. The molecule has 0 amide bonds. The van der Waals surface area contributed by atoms with Crippen LogP contribution in [0.4, 0.5) is 0 Å². The number of unbranched alkanes of at least 4 members (excludes halogenated alkanes) is 1. The molecule has 0 aromatic carbocycles. The highest BCUT2D eigenvalue weighted by Gasteiger charge is 2.31. The van der Waals surface area contributed by atoms with Crippen LogP contribution in [0.25, 0.3) is 0 Å². The van der Waals surface area contributed by atoms with Crippen molar-refractivity contribution in [3.63, 3.8) is 0 Å². The van der Waals surface area contributed by atoms with Gasteiger partial charge in [0.15, 0.2) is 0 Å². The maximum Gasteiger partial charge on any atom is 0.281 e. The highest BCUT2D eigenvalue weighted by molar-refractivity contribution is 7.86. The number of hydrogen-bond acceptors (Lipinski definition) is 4. The first-order chi connectivity index (χ1) is 10.9. The molecule has 136 valence electrons. The van der Waals surface area contributed by atoms with E-state index in [0.29, 0.717) is 25.7 Å². The van der Waals surface area contributed by atoms with Gasteiger partial charge in [0.1, 0.15) is 0 Å². The molecule has 0 aliphatic carbocycles. The minimum absolute atomic E-state index is 0.617. The Morgan fingerprint density at radius 3 is 2.39 bits per heavy atom. The van der Waals surface area contributed by atoms with Gasteiger partial charge in [-0.15, -0.1) is 0 Å². The van der Waals surface area contributed by atoms with Gasteiger partial charge in [-0.25, -0.2) is 0 Å². The van der Waals surface area contributed by atoms with Gasteiger partial charge >= 0.3 is 0 Å². The van der Waals surface area contributed by atoms with Gasteiger partial charge in [0.2, 0.25) is 0 Å². The molecular formula is C16H34N4O2S. The average molecular weight is 347 g/mol. The lowest BCUT2D eigenvalue weighted by Crippen LogP contribution is -2.55. The predicted molar refractivity (Wildman–Crippen MR) is 94.7 cm³/mol. The summed E-state index contributed by atoms with van der Waals surface area (Å²) in [6.45, 7) is 7.92. The number of piperidine rings is 1. The monoisotopic (exact) mass is 346 g/mol. The van der Waals surface area contributed by atoms with E-state index in [-0.39, 0.29) is 0 Å². The van der Waals surface area contributed by atoms with Gasteiger partial charge in [0, 0.05) is 52.4 Å². The lowest BCUT2D eigenvalue weighted by Gasteiger charge is -2.40. The van der Waals surface area contributed by atoms with Crippen LogP contribution >= 0.6 is 0 Å². The van der Waals surface area contributed by atoms with Crippen molar-refractivity contribution in [2.75, 3.05) is 59.9 Å². The molecule has 0 bridgehead atoms. The molecule has 2 rings (SSSR count). The zero-order valence-corrected chi connectivity index (χ0v) is 15.9. The van der Waals surface area contributed by atoms with E-state index < -0.39 is 10.2 Å². The van der Waals surface area contributed by atoms with E-state index in [0.717, 1.165) is 32.5 Å². The number of rotatable bonds is 7. The van der Waals surface area contributed by atoms with E-state index in [2.05, 4.69) is 23.8 Å². The van der Waals surface area contributed by atoms with Crippen molar-refractivity contribution in [1.82, 2.24) is 18.4 Å². The van der Waals surface area contributed by atoms with Gasteiger partial charge in [-0.2, -0.15) is 17.0 Å². The van der Waals surface area contributed by atoms with E-state index in [9.17, 15) is 8.42 Å². The SMILES string of the molecule is CCCCN(C)S(=O)(=O)N1CCN(C[C@@H]2CCCCN2C)CC1. The van der Waals surface area contributed by atoms with Gasteiger partial charge in [-0.05, 0) is 32.9 Å². The number of nitrogens with zero attached hydrogens (tertiary/aromatic N) is 4. The van der Waals surface area contributed by atoms with Gasteiger partial charge in [0.05, 0.1) is 0 Å². The fraction of sp³-hybridized carbons (Fsp3) is 1.00. The molecule has 2 fully saturated rings. The number of hydrogen-bond donors (Lipinski definition) is 0. The third-order valence-corrected chi connectivity index (χ3v) is 7.26. The largest absolute Gasteiger partial charge is 0.302 e. The van der Waals surface area contributed by atoms with Crippen molar-refractivity contribution in [1.29, 1.82) is 0 Å². The maximum atomic E-state index is 12.6. The van der Waals surface area contributed by atoms with Crippen LogP contribution in [0.3, 0.4) is 0 Å². The molecule has 6 nitrogen and oxygen atoms in total. The van der Waals surface area contributed by atoms with E-state index in [1.54, 1.807) is 11.4 Å². The minimum atomic E-state index is -3.27. The van der Waals surface area contributed by atoms with Crippen LogP contribution in [0.1, 0.15) is 39.0 Å². The van der Waals surface area contributed by atoms with Crippen molar-refractivity contribution in [2.45, 2.75) is 45.1 Å². The normalized spacial score (nSPS) is 26.0. The summed E-state index contributed by atoms with van der Waals surface area (Å²) in [4.78, 5) is 4.90. The Morgan fingerprint density at radius 1 is 1.09 bits per heavy atom. The third kappa shape index (κ3) is 5.13. The van der Waals surface area contributed by atoms with E-state index in [4.69, 9.17) is 0 Å². The summed E-state index contributed by atoms with van der Waals surface area (Å²) in [6, 6.07) is 0.638. The summed E-state index contributed by atoms with van der Waals surface area (Å²) in [6.07, 6.45) is 5.84. The minimum Gasteiger partial charge on any atom is -0.302 e. The molecule has 2 aliphatic rings. The Labute approximate surface area is 142 Å². The van der Waals surface area contributed by atoms with Crippen LogP contribution in [0.15, 0.2) is 0 Å². The molecule has 2 aliphatic heterocycles.